The predicted octanol–water partition coefficient (Wildman–Crippen LogP) is 4.28. The molecule has 0 radical (unpaired) electrons. The molecule has 0 bridgehead atoms. The van der Waals surface area contributed by atoms with Gasteiger partial charge in [-0.2, -0.15) is 0 Å². The van der Waals surface area contributed by atoms with Crippen LogP contribution in [-0.2, 0) is 11.3 Å². The van der Waals surface area contributed by atoms with E-state index < -0.39 is 0 Å². The van der Waals surface area contributed by atoms with Gasteiger partial charge in [-0.05, 0) is 61.6 Å². The lowest BCUT2D eigenvalue weighted by atomic mass is 9.98. The van der Waals surface area contributed by atoms with Gasteiger partial charge >= 0.3 is 6.09 Å². The molecule has 1 saturated heterocycles. The average molecular weight is 394 g/mol. The second-order valence-electron chi connectivity index (χ2n) is 7.52. The molecule has 1 heterocycles. The summed E-state index contributed by atoms with van der Waals surface area (Å²) in [6.07, 6.45) is 6.01. The number of cyclic esters (lactones) is 1. The molecule has 1 aliphatic heterocycles. The number of hydrogen-bond acceptors (Lipinski definition) is 4. The van der Waals surface area contributed by atoms with E-state index in [1.165, 1.54) is 24.2 Å². The zero-order chi connectivity index (χ0) is 20.1. The lowest BCUT2D eigenvalue weighted by Crippen LogP contribution is -2.25. The van der Waals surface area contributed by atoms with Crippen LogP contribution in [0.4, 0.5) is 10.5 Å². The Hall–Kier alpha value is -3.02. The first kappa shape index (κ1) is 19.3. The Balaban J connectivity index is 1.32. The van der Waals surface area contributed by atoms with Crippen LogP contribution in [0.2, 0.25) is 0 Å². The first-order valence-electron chi connectivity index (χ1n) is 10.3. The highest BCUT2D eigenvalue weighted by Crippen LogP contribution is 2.24. The van der Waals surface area contributed by atoms with Gasteiger partial charge in [-0.3, -0.25) is 9.69 Å². The highest BCUT2D eigenvalue weighted by molar-refractivity contribution is 5.97. The van der Waals surface area contributed by atoms with Crippen molar-refractivity contribution < 1.29 is 19.1 Å². The third kappa shape index (κ3) is 4.88. The maximum absolute atomic E-state index is 12.5. The van der Waals surface area contributed by atoms with Gasteiger partial charge in [0, 0.05) is 17.8 Å². The molecule has 152 valence electrons. The molecule has 29 heavy (non-hydrogen) atoms. The average Bonchev–Trinajstić information content (AvgIpc) is 3.20. The molecule has 0 unspecified atom stereocenters. The normalized spacial score (nSPS) is 17.1. The standard InChI is InChI=1S/C23H26N2O4/c26-22(18-5-4-6-19(15-18)25-13-14-28-23(25)27)24-16-17-9-11-21(12-10-17)29-20-7-2-1-3-8-20/h4-6,9-12,15,20H,1-3,7-8,13-14,16H2,(H,24,26). The number of hydrogen-bond donors (Lipinski definition) is 1. The topological polar surface area (TPSA) is 67.9 Å². The van der Waals surface area contributed by atoms with Gasteiger partial charge in [0.25, 0.3) is 5.91 Å². The van der Waals surface area contributed by atoms with Crippen LogP contribution in [-0.4, -0.2) is 31.3 Å². The van der Waals surface area contributed by atoms with Crippen molar-refractivity contribution in [2.45, 2.75) is 44.8 Å². The van der Waals surface area contributed by atoms with Crippen molar-refractivity contribution in [1.29, 1.82) is 0 Å². The second-order valence-corrected chi connectivity index (χ2v) is 7.52. The molecule has 2 aliphatic rings. The van der Waals surface area contributed by atoms with Gasteiger partial charge in [-0.25, -0.2) is 4.79 Å². The molecule has 6 nitrogen and oxygen atoms in total. The van der Waals surface area contributed by atoms with E-state index in [9.17, 15) is 9.59 Å². The Kier molecular flexibility index (Phi) is 5.98. The summed E-state index contributed by atoms with van der Waals surface area (Å²) in [6.45, 7) is 1.30. The van der Waals surface area contributed by atoms with Gasteiger partial charge in [-0.15, -0.1) is 0 Å². The summed E-state index contributed by atoms with van der Waals surface area (Å²) in [6, 6.07) is 14.9. The summed E-state index contributed by atoms with van der Waals surface area (Å²) < 4.78 is 11.0. The molecule has 1 N–H and O–H groups in total. The van der Waals surface area contributed by atoms with Crippen LogP contribution in [0.25, 0.3) is 0 Å². The smallest absolute Gasteiger partial charge is 0.414 e. The van der Waals surface area contributed by atoms with Gasteiger partial charge in [0.2, 0.25) is 0 Å². The number of benzene rings is 2. The van der Waals surface area contributed by atoms with Crippen LogP contribution in [0, 0.1) is 0 Å². The minimum absolute atomic E-state index is 0.179. The fourth-order valence-electron chi connectivity index (χ4n) is 3.79. The SMILES string of the molecule is O=C(NCc1ccc(OC2CCCCC2)cc1)c1cccc(N2CCOC2=O)c1. The summed E-state index contributed by atoms with van der Waals surface area (Å²) >= 11 is 0. The molecule has 2 aromatic carbocycles. The molecule has 1 saturated carbocycles. The van der Waals surface area contributed by atoms with E-state index in [4.69, 9.17) is 9.47 Å². The minimum Gasteiger partial charge on any atom is -0.490 e. The van der Waals surface area contributed by atoms with Gasteiger partial charge in [0.15, 0.2) is 0 Å². The van der Waals surface area contributed by atoms with Gasteiger partial charge in [0.1, 0.15) is 12.4 Å². The lowest BCUT2D eigenvalue weighted by molar-refractivity contribution is 0.0951. The number of amides is 2. The van der Waals surface area contributed by atoms with Crippen molar-refractivity contribution in [3.05, 3.63) is 59.7 Å². The number of anilines is 1. The Morgan fingerprint density at radius 3 is 2.62 bits per heavy atom. The monoisotopic (exact) mass is 394 g/mol. The molecule has 4 rings (SSSR count). The number of carbonyl (C=O) groups is 2. The molecule has 1 aliphatic carbocycles. The first-order chi connectivity index (χ1) is 14.2. The third-order valence-corrected chi connectivity index (χ3v) is 5.41. The van der Waals surface area contributed by atoms with E-state index in [0.717, 1.165) is 24.2 Å². The van der Waals surface area contributed by atoms with Crippen LogP contribution in [0.15, 0.2) is 48.5 Å². The van der Waals surface area contributed by atoms with Crippen LogP contribution in [0.5, 0.6) is 5.75 Å². The number of ether oxygens (including phenoxy) is 2. The Morgan fingerprint density at radius 2 is 1.90 bits per heavy atom. The molecule has 0 atom stereocenters. The Morgan fingerprint density at radius 1 is 1.10 bits per heavy atom. The summed E-state index contributed by atoms with van der Waals surface area (Å²) in [7, 11) is 0. The summed E-state index contributed by atoms with van der Waals surface area (Å²) in [5.74, 6) is 0.708. The van der Waals surface area contributed by atoms with Crippen molar-refractivity contribution in [2.75, 3.05) is 18.1 Å². The Labute approximate surface area is 170 Å². The van der Waals surface area contributed by atoms with E-state index in [0.29, 0.717) is 37.1 Å². The van der Waals surface area contributed by atoms with E-state index in [1.54, 1.807) is 24.3 Å². The quantitative estimate of drug-likeness (QED) is 0.794. The number of nitrogens with one attached hydrogen (secondary N) is 1. The van der Waals surface area contributed by atoms with Crippen molar-refractivity contribution >= 4 is 17.7 Å². The largest absolute Gasteiger partial charge is 0.490 e. The van der Waals surface area contributed by atoms with Crippen molar-refractivity contribution in [3.8, 4) is 5.75 Å². The number of rotatable bonds is 6. The maximum Gasteiger partial charge on any atom is 0.414 e. The van der Waals surface area contributed by atoms with Crippen molar-refractivity contribution in [3.63, 3.8) is 0 Å². The van der Waals surface area contributed by atoms with Crippen molar-refractivity contribution in [2.24, 2.45) is 0 Å². The highest BCUT2D eigenvalue weighted by Gasteiger charge is 2.24. The van der Waals surface area contributed by atoms with E-state index in [2.05, 4.69) is 5.32 Å². The number of nitrogens with zero attached hydrogens (tertiary/aromatic N) is 1. The summed E-state index contributed by atoms with van der Waals surface area (Å²) in [5, 5.41) is 2.93. The fraction of sp³-hybridized carbons (Fsp3) is 0.391. The molecule has 0 spiro atoms. The van der Waals surface area contributed by atoms with Crippen LogP contribution < -0.4 is 15.0 Å². The van der Waals surface area contributed by atoms with E-state index in [1.807, 2.05) is 24.3 Å². The molecular formula is C23H26N2O4. The van der Waals surface area contributed by atoms with Gasteiger partial charge in [-0.1, -0.05) is 24.6 Å². The summed E-state index contributed by atoms with van der Waals surface area (Å²) in [4.78, 5) is 25.8. The summed E-state index contributed by atoms with van der Waals surface area (Å²) in [5.41, 5.74) is 2.19. The van der Waals surface area contributed by atoms with Gasteiger partial charge in [0.05, 0.1) is 12.6 Å². The maximum atomic E-state index is 12.5. The molecule has 2 fully saturated rings. The third-order valence-electron chi connectivity index (χ3n) is 5.41. The van der Waals surface area contributed by atoms with E-state index in [-0.39, 0.29) is 12.0 Å². The van der Waals surface area contributed by atoms with E-state index >= 15 is 0 Å². The minimum atomic E-state index is -0.377. The predicted molar refractivity (Wildman–Crippen MR) is 110 cm³/mol. The van der Waals surface area contributed by atoms with Crippen LogP contribution in [0.3, 0.4) is 0 Å². The first-order valence-corrected chi connectivity index (χ1v) is 10.3. The van der Waals surface area contributed by atoms with Gasteiger partial charge < -0.3 is 14.8 Å². The molecule has 0 aromatic heterocycles. The molecule has 2 amide bonds. The highest BCUT2D eigenvalue weighted by atomic mass is 16.6. The zero-order valence-corrected chi connectivity index (χ0v) is 16.4. The van der Waals surface area contributed by atoms with Crippen molar-refractivity contribution in [1.82, 2.24) is 5.32 Å². The number of carbonyl (C=O) groups excluding carboxylic acids is 2. The second kappa shape index (κ2) is 8.99. The van der Waals surface area contributed by atoms with Crippen LogP contribution in [0.1, 0.15) is 48.0 Å². The molecule has 6 heteroatoms. The molecular weight excluding hydrogens is 368 g/mol. The van der Waals surface area contributed by atoms with Crippen LogP contribution >= 0.6 is 0 Å². The molecule has 2 aromatic rings. The zero-order valence-electron chi connectivity index (χ0n) is 16.4. The Bertz CT molecular complexity index is 859. The fourth-order valence-corrected chi connectivity index (χ4v) is 3.79. The lowest BCUT2D eigenvalue weighted by Gasteiger charge is -2.23.